The Kier molecular flexibility index (Phi) is 6.67. The van der Waals surface area contributed by atoms with Crippen molar-refractivity contribution >= 4 is 0 Å². The highest BCUT2D eigenvalue weighted by Crippen LogP contribution is 2.26. The van der Waals surface area contributed by atoms with Gasteiger partial charge in [0.25, 0.3) is 0 Å². The Morgan fingerprint density at radius 2 is 1.70 bits per heavy atom. The Hall–Kier alpha value is -1.40. The van der Waals surface area contributed by atoms with Crippen LogP contribution in [0, 0.1) is 5.41 Å². The lowest BCUT2D eigenvalue weighted by Gasteiger charge is -2.29. The average Bonchev–Trinajstić information content (AvgIpc) is 2.52. The Bertz CT molecular complexity index is 378. The lowest BCUT2D eigenvalue weighted by atomic mass is 9.83. The predicted octanol–water partition coefficient (Wildman–Crippen LogP) is 1.38. The number of hydrogen-bond acceptors (Lipinski definition) is 6. The van der Waals surface area contributed by atoms with Gasteiger partial charge in [0.15, 0.2) is 0 Å². The molecule has 0 radical (unpaired) electrons. The lowest BCUT2D eigenvalue weighted by molar-refractivity contribution is 0.113. The van der Waals surface area contributed by atoms with E-state index in [0.717, 1.165) is 24.9 Å². The molecule has 0 saturated heterocycles. The highest BCUT2D eigenvalue weighted by Gasteiger charge is 2.25. The zero-order valence-corrected chi connectivity index (χ0v) is 12.8. The number of nitrogens with zero attached hydrogens (tertiary/aromatic N) is 2. The van der Waals surface area contributed by atoms with Gasteiger partial charge in [0.05, 0.1) is 19.8 Å². The van der Waals surface area contributed by atoms with Crippen LogP contribution in [0.5, 0.6) is 11.8 Å². The van der Waals surface area contributed by atoms with E-state index in [1.807, 2.05) is 0 Å². The van der Waals surface area contributed by atoms with E-state index in [9.17, 15) is 5.11 Å². The molecule has 1 heterocycles. The Labute approximate surface area is 120 Å². The number of aliphatic hydroxyl groups is 1. The van der Waals surface area contributed by atoms with Crippen LogP contribution in [0.2, 0.25) is 0 Å². The summed E-state index contributed by atoms with van der Waals surface area (Å²) in [5.41, 5.74) is 0.701. The van der Waals surface area contributed by atoms with E-state index in [1.165, 1.54) is 6.33 Å². The van der Waals surface area contributed by atoms with Gasteiger partial charge in [-0.15, -0.1) is 0 Å². The molecule has 0 amide bonds. The highest BCUT2D eigenvalue weighted by atomic mass is 16.5. The standard InChI is InChI=1S/C14H25N3O3/c1-5-14(6-2,9-18)8-15-7-11-12(19-3)16-10-17-13(11)20-4/h10,15,18H,5-9H2,1-4H3. The summed E-state index contributed by atoms with van der Waals surface area (Å²) in [7, 11) is 3.14. The van der Waals surface area contributed by atoms with E-state index in [1.54, 1.807) is 14.2 Å². The molecule has 0 unspecified atom stereocenters. The molecule has 0 fully saturated rings. The van der Waals surface area contributed by atoms with Crippen molar-refractivity contribution in [2.24, 2.45) is 5.41 Å². The minimum atomic E-state index is -0.0872. The first-order valence-corrected chi connectivity index (χ1v) is 6.89. The summed E-state index contributed by atoms with van der Waals surface area (Å²) in [6, 6.07) is 0. The zero-order chi connectivity index (χ0) is 15.0. The molecule has 1 rings (SSSR count). The Balaban J connectivity index is 2.75. The fourth-order valence-electron chi connectivity index (χ4n) is 2.12. The maximum absolute atomic E-state index is 9.56. The molecule has 0 aliphatic carbocycles. The first-order valence-electron chi connectivity index (χ1n) is 6.89. The summed E-state index contributed by atoms with van der Waals surface area (Å²) in [4.78, 5) is 8.16. The van der Waals surface area contributed by atoms with Gasteiger partial charge in [-0.2, -0.15) is 0 Å². The molecule has 20 heavy (non-hydrogen) atoms. The maximum Gasteiger partial charge on any atom is 0.224 e. The molecule has 1 aromatic heterocycles. The van der Waals surface area contributed by atoms with Crippen LogP contribution < -0.4 is 14.8 Å². The van der Waals surface area contributed by atoms with Crippen molar-refractivity contribution in [2.45, 2.75) is 33.2 Å². The van der Waals surface area contributed by atoms with Gasteiger partial charge in [-0.3, -0.25) is 0 Å². The number of aliphatic hydroxyl groups excluding tert-OH is 1. The molecule has 0 aliphatic heterocycles. The van der Waals surface area contributed by atoms with E-state index in [-0.39, 0.29) is 12.0 Å². The predicted molar refractivity (Wildman–Crippen MR) is 76.9 cm³/mol. The van der Waals surface area contributed by atoms with Gasteiger partial charge >= 0.3 is 0 Å². The molecule has 0 bridgehead atoms. The van der Waals surface area contributed by atoms with E-state index >= 15 is 0 Å². The van der Waals surface area contributed by atoms with Gasteiger partial charge in [0, 0.05) is 25.1 Å². The molecule has 6 nitrogen and oxygen atoms in total. The third-order valence-electron chi connectivity index (χ3n) is 3.89. The molecule has 2 N–H and O–H groups in total. The smallest absolute Gasteiger partial charge is 0.224 e. The topological polar surface area (TPSA) is 76.5 Å². The molecule has 114 valence electrons. The first-order chi connectivity index (χ1) is 9.66. The van der Waals surface area contributed by atoms with Crippen molar-refractivity contribution in [2.75, 3.05) is 27.4 Å². The van der Waals surface area contributed by atoms with Crippen molar-refractivity contribution in [3.63, 3.8) is 0 Å². The second-order valence-corrected chi connectivity index (χ2v) is 4.84. The molecule has 0 spiro atoms. The summed E-state index contributed by atoms with van der Waals surface area (Å²) >= 11 is 0. The molecular formula is C14H25N3O3. The lowest BCUT2D eigenvalue weighted by Crippen LogP contribution is -2.36. The summed E-state index contributed by atoms with van der Waals surface area (Å²) in [5, 5.41) is 12.9. The van der Waals surface area contributed by atoms with Gasteiger partial charge in [-0.25, -0.2) is 9.97 Å². The SMILES string of the molecule is CCC(CC)(CO)CNCc1c(OC)ncnc1OC. The molecule has 1 aromatic rings. The number of methoxy groups -OCH3 is 2. The van der Waals surface area contributed by atoms with Crippen LogP contribution in [0.4, 0.5) is 0 Å². The van der Waals surface area contributed by atoms with Crippen molar-refractivity contribution in [3.05, 3.63) is 11.9 Å². The number of hydrogen-bond donors (Lipinski definition) is 2. The van der Waals surface area contributed by atoms with E-state index < -0.39 is 0 Å². The van der Waals surface area contributed by atoms with Gasteiger partial charge in [-0.1, -0.05) is 13.8 Å². The van der Waals surface area contributed by atoms with Crippen molar-refractivity contribution in [3.8, 4) is 11.8 Å². The monoisotopic (exact) mass is 283 g/mol. The second-order valence-electron chi connectivity index (χ2n) is 4.84. The molecular weight excluding hydrogens is 258 g/mol. The molecule has 0 aromatic carbocycles. The summed E-state index contributed by atoms with van der Waals surface area (Å²) in [6.07, 6.45) is 3.26. The summed E-state index contributed by atoms with van der Waals surface area (Å²) < 4.78 is 10.5. The summed E-state index contributed by atoms with van der Waals surface area (Å²) in [6.45, 7) is 5.61. The van der Waals surface area contributed by atoms with Crippen molar-refractivity contribution in [1.82, 2.24) is 15.3 Å². The minimum Gasteiger partial charge on any atom is -0.481 e. The van der Waals surface area contributed by atoms with E-state index in [2.05, 4.69) is 29.1 Å². The van der Waals surface area contributed by atoms with Gasteiger partial charge < -0.3 is 19.9 Å². The molecule has 0 aliphatic rings. The first kappa shape index (κ1) is 16.7. The maximum atomic E-state index is 9.56. The van der Waals surface area contributed by atoms with Crippen LogP contribution in [0.3, 0.4) is 0 Å². The van der Waals surface area contributed by atoms with Crippen LogP contribution in [0.25, 0.3) is 0 Å². The largest absolute Gasteiger partial charge is 0.481 e. The second kappa shape index (κ2) is 8.01. The Morgan fingerprint density at radius 1 is 1.15 bits per heavy atom. The summed E-state index contributed by atoms with van der Waals surface area (Å²) in [5.74, 6) is 1.01. The zero-order valence-electron chi connectivity index (χ0n) is 12.8. The van der Waals surface area contributed by atoms with Crippen LogP contribution in [0.15, 0.2) is 6.33 Å². The average molecular weight is 283 g/mol. The number of ether oxygens (including phenoxy) is 2. The van der Waals surface area contributed by atoms with Crippen LogP contribution in [-0.2, 0) is 6.54 Å². The highest BCUT2D eigenvalue weighted by molar-refractivity contribution is 5.34. The fourth-order valence-corrected chi connectivity index (χ4v) is 2.12. The van der Waals surface area contributed by atoms with Crippen molar-refractivity contribution < 1.29 is 14.6 Å². The van der Waals surface area contributed by atoms with Gasteiger partial charge in [0.1, 0.15) is 6.33 Å². The van der Waals surface area contributed by atoms with Crippen molar-refractivity contribution in [1.29, 1.82) is 0 Å². The number of nitrogens with one attached hydrogen (secondary N) is 1. The number of rotatable bonds is 9. The molecule has 0 atom stereocenters. The third kappa shape index (κ3) is 3.80. The number of aromatic nitrogens is 2. The fraction of sp³-hybridized carbons (Fsp3) is 0.714. The molecule has 0 saturated carbocycles. The van der Waals surface area contributed by atoms with Crippen LogP contribution in [0.1, 0.15) is 32.3 Å². The molecule has 6 heteroatoms. The normalized spacial score (nSPS) is 11.4. The van der Waals surface area contributed by atoms with E-state index in [0.29, 0.717) is 18.3 Å². The minimum absolute atomic E-state index is 0.0872. The quantitative estimate of drug-likeness (QED) is 0.713. The van der Waals surface area contributed by atoms with Crippen LogP contribution in [-0.4, -0.2) is 42.4 Å². The van der Waals surface area contributed by atoms with E-state index in [4.69, 9.17) is 9.47 Å². The Morgan fingerprint density at radius 3 is 2.10 bits per heavy atom. The third-order valence-corrected chi connectivity index (χ3v) is 3.89. The van der Waals surface area contributed by atoms with Gasteiger partial charge in [0.2, 0.25) is 11.8 Å². The van der Waals surface area contributed by atoms with Gasteiger partial charge in [-0.05, 0) is 12.8 Å². The van der Waals surface area contributed by atoms with Crippen LogP contribution >= 0.6 is 0 Å².